The zero-order valence-corrected chi connectivity index (χ0v) is 7.68. The van der Waals surface area contributed by atoms with Crippen LogP contribution in [0.15, 0.2) is 12.3 Å². The number of nitriles is 1. The molecule has 0 aromatic carbocycles. The highest BCUT2D eigenvalue weighted by Crippen LogP contribution is 2.23. The lowest BCUT2D eigenvalue weighted by atomic mass is 10.1. The quantitative estimate of drug-likeness (QED) is 0.650. The number of nitrogens with zero attached hydrogens (tertiary/aromatic N) is 2. The summed E-state index contributed by atoms with van der Waals surface area (Å²) < 4.78 is 0. The van der Waals surface area contributed by atoms with Gasteiger partial charge in [0.05, 0.1) is 5.56 Å². The minimum absolute atomic E-state index is 0.259. The third-order valence-electron chi connectivity index (χ3n) is 2.03. The minimum atomic E-state index is 0.259. The van der Waals surface area contributed by atoms with E-state index >= 15 is 0 Å². The van der Waals surface area contributed by atoms with Gasteiger partial charge in [-0.1, -0.05) is 11.6 Å². The van der Waals surface area contributed by atoms with Gasteiger partial charge in [0, 0.05) is 11.6 Å². The van der Waals surface area contributed by atoms with E-state index in [0.29, 0.717) is 5.56 Å². The van der Waals surface area contributed by atoms with Crippen molar-refractivity contribution < 1.29 is 0 Å². The van der Waals surface area contributed by atoms with Crippen molar-refractivity contribution in [1.29, 1.82) is 5.26 Å². The number of aromatic amines is 1. The first kappa shape index (κ1) is 8.09. The fourth-order valence-electron chi connectivity index (χ4n) is 1.33. The van der Waals surface area contributed by atoms with Gasteiger partial charge < -0.3 is 4.98 Å². The Kier molecular flexibility index (Phi) is 1.71. The van der Waals surface area contributed by atoms with Gasteiger partial charge in [-0.3, -0.25) is 0 Å². The third kappa shape index (κ3) is 1.07. The Labute approximate surface area is 80.0 Å². The summed E-state index contributed by atoms with van der Waals surface area (Å²) in [5.41, 5.74) is 2.05. The van der Waals surface area contributed by atoms with E-state index in [4.69, 9.17) is 16.9 Å². The average Bonchev–Trinajstić information content (AvgIpc) is 2.53. The number of fused-ring (bicyclic) bond motifs is 1. The van der Waals surface area contributed by atoms with Crippen molar-refractivity contribution >= 4 is 22.6 Å². The van der Waals surface area contributed by atoms with Crippen molar-refractivity contribution in [3.05, 3.63) is 28.5 Å². The van der Waals surface area contributed by atoms with Crippen molar-refractivity contribution in [2.24, 2.45) is 0 Å². The Morgan fingerprint density at radius 1 is 1.62 bits per heavy atom. The molecule has 0 spiro atoms. The molecule has 4 heteroatoms. The maximum Gasteiger partial charge on any atom is 0.149 e. The first-order valence-corrected chi connectivity index (χ1v) is 4.15. The molecule has 0 amide bonds. The van der Waals surface area contributed by atoms with Crippen LogP contribution in [0.2, 0.25) is 5.15 Å². The van der Waals surface area contributed by atoms with E-state index < -0.39 is 0 Å². The van der Waals surface area contributed by atoms with Gasteiger partial charge in [-0.25, -0.2) is 4.98 Å². The smallest absolute Gasteiger partial charge is 0.149 e. The van der Waals surface area contributed by atoms with Crippen molar-refractivity contribution in [2.75, 3.05) is 0 Å². The van der Waals surface area contributed by atoms with Gasteiger partial charge in [0.1, 0.15) is 16.9 Å². The molecule has 2 aromatic heterocycles. The molecule has 2 aromatic rings. The molecule has 13 heavy (non-hydrogen) atoms. The zero-order valence-electron chi connectivity index (χ0n) is 6.93. The first-order chi connectivity index (χ1) is 6.24. The Bertz CT molecular complexity index is 507. The van der Waals surface area contributed by atoms with Crippen molar-refractivity contribution in [2.45, 2.75) is 6.92 Å². The van der Waals surface area contributed by atoms with Crippen LogP contribution in [0.4, 0.5) is 0 Å². The number of aryl methyl sites for hydroxylation is 1. The topological polar surface area (TPSA) is 52.5 Å². The molecule has 0 unspecified atom stereocenters. The van der Waals surface area contributed by atoms with E-state index in [1.165, 1.54) is 0 Å². The van der Waals surface area contributed by atoms with Gasteiger partial charge in [0.25, 0.3) is 0 Å². The van der Waals surface area contributed by atoms with Gasteiger partial charge in [-0.05, 0) is 18.6 Å². The maximum atomic E-state index is 8.81. The monoisotopic (exact) mass is 191 g/mol. The second-order valence-electron chi connectivity index (χ2n) is 2.75. The maximum absolute atomic E-state index is 8.81. The lowest BCUT2D eigenvalue weighted by molar-refractivity contribution is 1.28. The van der Waals surface area contributed by atoms with E-state index in [1.54, 1.807) is 6.20 Å². The molecule has 2 rings (SSSR count). The van der Waals surface area contributed by atoms with Gasteiger partial charge in [0.2, 0.25) is 0 Å². The molecule has 0 atom stereocenters. The number of hydrogen-bond donors (Lipinski definition) is 1. The van der Waals surface area contributed by atoms with E-state index in [0.717, 1.165) is 16.6 Å². The summed E-state index contributed by atoms with van der Waals surface area (Å²) in [5.74, 6) is 0. The Morgan fingerprint density at radius 2 is 2.38 bits per heavy atom. The van der Waals surface area contributed by atoms with Crippen molar-refractivity contribution in [1.82, 2.24) is 9.97 Å². The van der Waals surface area contributed by atoms with E-state index in [1.807, 2.05) is 19.1 Å². The van der Waals surface area contributed by atoms with Crippen molar-refractivity contribution in [3.8, 4) is 6.07 Å². The number of H-pyrrole nitrogens is 1. The summed E-state index contributed by atoms with van der Waals surface area (Å²) in [4.78, 5) is 7.00. The molecular weight excluding hydrogens is 186 g/mol. The third-order valence-corrected chi connectivity index (χ3v) is 2.31. The minimum Gasteiger partial charge on any atom is -0.346 e. The SMILES string of the molecule is Cc1c(C#N)c(Cl)nc2[nH]ccc12. The molecule has 0 saturated heterocycles. The molecule has 0 saturated carbocycles. The molecule has 0 aliphatic heterocycles. The summed E-state index contributed by atoms with van der Waals surface area (Å²) in [5, 5.41) is 10.0. The summed E-state index contributed by atoms with van der Waals surface area (Å²) in [6, 6.07) is 3.92. The van der Waals surface area contributed by atoms with Crippen LogP contribution in [-0.2, 0) is 0 Å². The highest BCUT2D eigenvalue weighted by molar-refractivity contribution is 6.31. The molecule has 0 aliphatic carbocycles. The van der Waals surface area contributed by atoms with E-state index in [-0.39, 0.29) is 5.15 Å². The predicted molar refractivity (Wildman–Crippen MR) is 50.6 cm³/mol. The zero-order chi connectivity index (χ0) is 9.42. The van der Waals surface area contributed by atoms with Crippen molar-refractivity contribution in [3.63, 3.8) is 0 Å². The van der Waals surface area contributed by atoms with Crippen LogP contribution in [0, 0.1) is 18.3 Å². The second-order valence-corrected chi connectivity index (χ2v) is 3.11. The fraction of sp³-hybridized carbons (Fsp3) is 0.111. The number of aromatic nitrogens is 2. The number of halogens is 1. The number of pyridine rings is 1. The summed E-state index contributed by atoms with van der Waals surface area (Å²) in [6.45, 7) is 1.86. The van der Waals surface area contributed by atoms with Crippen LogP contribution in [0.1, 0.15) is 11.1 Å². The highest BCUT2D eigenvalue weighted by atomic mass is 35.5. The molecule has 0 bridgehead atoms. The molecular formula is C9H6ClN3. The molecule has 3 nitrogen and oxygen atoms in total. The Hall–Kier alpha value is -1.53. The largest absolute Gasteiger partial charge is 0.346 e. The molecule has 0 radical (unpaired) electrons. The van der Waals surface area contributed by atoms with Crippen LogP contribution in [0.25, 0.3) is 11.0 Å². The Morgan fingerprint density at radius 3 is 3.08 bits per heavy atom. The lowest BCUT2D eigenvalue weighted by Gasteiger charge is -2.00. The van der Waals surface area contributed by atoms with Gasteiger partial charge in [0.15, 0.2) is 0 Å². The van der Waals surface area contributed by atoms with Crippen LogP contribution in [-0.4, -0.2) is 9.97 Å². The summed E-state index contributed by atoms with van der Waals surface area (Å²) >= 11 is 5.81. The standard InChI is InChI=1S/C9H6ClN3/c1-5-6-2-3-12-9(6)13-8(10)7(5)4-11/h2-3H,1H3,(H,12,13). The number of hydrogen-bond acceptors (Lipinski definition) is 2. The van der Waals surface area contributed by atoms with Gasteiger partial charge in [-0.2, -0.15) is 5.26 Å². The van der Waals surface area contributed by atoms with Crippen LogP contribution < -0.4 is 0 Å². The molecule has 0 aliphatic rings. The molecule has 1 N–H and O–H groups in total. The van der Waals surface area contributed by atoms with Gasteiger partial charge >= 0.3 is 0 Å². The van der Waals surface area contributed by atoms with Crippen LogP contribution in [0.3, 0.4) is 0 Å². The van der Waals surface area contributed by atoms with E-state index in [2.05, 4.69) is 9.97 Å². The fourth-order valence-corrected chi connectivity index (χ4v) is 1.60. The average molecular weight is 192 g/mol. The van der Waals surface area contributed by atoms with Crippen LogP contribution >= 0.6 is 11.6 Å². The number of nitrogens with one attached hydrogen (secondary N) is 1. The summed E-state index contributed by atoms with van der Waals surface area (Å²) in [7, 11) is 0. The normalized spacial score (nSPS) is 10.2. The van der Waals surface area contributed by atoms with Gasteiger partial charge in [-0.15, -0.1) is 0 Å². The molecule has 0 fully saturated rings. The summed E-state index contributed by atoms with van der Waals surface area (Å²) in [6.07, 6.45) is 1.78. The highest BCUT2D eigenvalue weighted by Gasteiger charge is 2.09. The Balaban J connectivity index is 2.95. The molecule has 64 valence electrons. The second kappa shape index (κ2) is 2.75. The number of rotatable bonds is 0. The molecule has 2 heterocycles. The predicted octanol–water partition coefficient (Wildman–Crippen LogP) is 2.40. The van der Waals surface area contributed by atoms with Crippen LogP contribution in [0.5, 0.6) is 0 Å². The van der Waals surface area contributed by atoms with E-state index in [9.17, 15) is 0 Å². The first-order valence-electron chi connectivity index (χ1n) is 3.77. The lowest BCUT2D eigenvalue weighted by Crippen LogP contribution is -1.89.